The first-order valence-corrected chi connectivity index (χ1v) is 7.22. The highest BCUT2D eigenvalue weighted by molar-refractivity contribution is 7.53. The van der Waals surface area contributed by atoms with Crippen LogP contribution in [0.4, 0.5) is 0 Å². The van der Waals surface area contributed by atoms with Crippen molar-refractivity contribution in [3.63, 3.8) is 0 Å². The van der Waals surface area contributed by atoms with E-state index in [2.05, 4.69) is 0 Å². The molecule has 0 amide bonds. The van der Waals surface area contributed by atoms with Crippen molar-refractivity contribution in [1.29, 1.82) is 0 Å². The fraction of sp³-hybridized carbons (Fsp3) is 0.889. The first-order chi connectivity index (χ1) is 7.23. The lowest BCUT2D eigenvalue weighted by molar-refractivity contribution is -0.146. The molecule has 0 fully saturated rings. The predicted molar refractivity (Wildman–Crippen MR) is 65.8 cm³/mol. The van der Waals surface area contributed by atoms with Crippen molar-refractivity contribution in [2.75, 3.05) is 6.61 Å². The molecule has 0 aliphatic carbocycles. The van der Waals surface area contributed by atoms with E-state index in [0.29, 0.717) is 6.61 Å². The lowest BCUT2D eigenvalue weighted by Gasteiger charge is -2.22. The second-order valence-electron chi connectivity index (χ2n) is 3.49. The van der Waals surface area contributed by atoms with Crippen LogP contribution >= 0.6 is 31.0 Å². The third-order valence-corrected chi connectivity index (χ3v) is 4.85. The molecule has 0 aliphatic heterocycles. The van der Waals surface area contributed by atoms with Gasteiger partial charge in [-0.25, -0.2) is 4.79 Å². The summed E-state index contributed by atoms with van der Waals surface area (Å²) in [6, 6.07) is 0. The minimum atomic E-state index is -2.67. The zero-order valence-electron chi connectivity index (χ0n) is 9.75. The van der Waals surface area contributed by atoms with E-state index in [1.165, 1.54) is 0 Å². The molecule has 0 saturated carbocycles. The van der Waals surface area contributed by atoms with Gasteiger partial charge in [0.2, 0.25) is 0 Å². The topological polar surface area (TPSA) is 52.6 Å². The van der Waals surface area contributed by atoms with Crippen molar-refractivity contribution in [1.82, 2.24) is 0 Å². The molecule has 96 valence electrons. The predicted octanol–water partition coefficient (Wildman–Crippen LogP) is 3.01. The number of carbonyl (C=O) groups excluding carboxylic acids is 1. The summed E-state index contributed by atoms with van der Waals surface area (Å²) in [5.74, 6) is -1.55. The smallest absolute Gasteiger partial charge is 0.350 e. The first-order valence-electron chi connectivity index (χ1n) is 4.98. The van der Waals surface area contributed by atoms with Gasteiger partial charge in [0.1, 0.15) is 13.6 Å². The molecule has 2 atom stereocenters. The van der Waals surface area contributed by atoms with Crippen molar-refractivity contribution in [2.24, 2.45) is 0 Å². The Morgan fingerprint density at radius 3 is 2.25 bits per heavy atom. The van der Waals surface area contributed by atoms with E-state index in [-0.39, 0.29) is 6.10 Å². The van der Waals surface area contributed by atoms with Gasteiger partial charge in [0.05, 0.1) is 6.10 Å². The summed E-state index contributed by atoms with van der Waals surface area (Å²) < 4.78 is 19.8. The van der Waals surface area contributed by atoms with Crippen LogP contribution in [0.1, 0.15) is 27.7 Å². The summed E-state index contributed by atoms with van der Waals surface area (Å²) in [7, 11) is -2.67. The quantitative estimate of drug-likeness (QED) is 0.429. The third kappa shape index (κ3) is 4.62. The summed E-state index contributed by atoms with van der Waals surface area (Å²) in [5, 5.41) is 0. The maximum Gasteiger partial charge on any atom is 0.350 e. The molecule has 2 unspecified atom stereocenters. The minimum Gasteiger partial charge on any atom is -0.460 e. The van der Waals surface area contributed by atoms with Crippen LogP contribution in [0.25, 0.3) is 0 Å². The van der Waals surface area contributed by atoms with Gasteiger partial charge in [0, 0.05) is 6.61 Å². The Balaban J connectivity index is 4.64. The number of rotatable bonds is 6. The van der Waals surface area contributed by atoms with Crippen LogP contribution in [0.5, 0.6) is 0 Å². The molecule has 0 rings (SSSR count). The summed E-state index contributed by atoms with van der Waals surface area (Å²) >= 11 is 11.5. The van der Waals surface area contributed by atoms with Crippen LogP contribution in [0, 0.1) is 0 Å². The molecule has 0 radical (unpaired) electrons. The molecule has 0 heterocycles. The second kappa shape index (κ2) is 6.85. The van der Waals surface area contributed by atoms with Gasteiger partial charge in [0.25, 0.3) is 4.07 Å². The molecule has 0 aliphatic rings. The highest BCUT2D eigenvalue weighted by atomic mass is 35.5. The molecule has 0 saturated heterocycles. The fourth-order valence-corrected chi connectivity index (χ4v) is 3.07. The van der Waals surface area contributed by atoms with Crippen LogP contribution in [0.3, 0.4) is 0 Å². The highest BCUT2D eigenvalue weighted by Crippen LogP contribution is 2.50. The zero-order valence-corrected chi connectivity index (χ0v) is 12.3. The van der Waals surface area contributed by atoms with Crippen molar-refractivity contribution in [2.45, 2.75) is 43.7 Å². The first kappa shape index (κ1) is 16.2. The van der Waals surface area contributed by atoms with E-state index < -0.39 is 23.7 Å². The second-order valence-corrected chi connectivity index (χ2v) is 7.74. The van der Waals surface area contributed by atoms with Gasteiger partial charge < -0.3 is 14.0 Å². The Morgan fingerprint density at radius 2 is 1.88 bits per heavy atom. The maximum absolute atomic E-state index is 11.9. The van der Waals surface area contributed by atoms with Crippen molar-refractivity contribution < 1.29 is 18.8 Å². The molecule has 0 bridgehead atoms. The van der Waals surface area contributed by atoms with Gasteiger partial charge in [-0.2, -0.15) is 0 Å². The lowest BCUT2D eigenvalue weighted by atomic mass is 10.5. The van der Waals surface area contributed by atoms with Crippen molar-refractivity contribution in [3.05, 3.63) is 0 Å². The average molecular weight is 291 g/mol. The Morgan fingerprint density at radius 1 is 1.38 bits per heavy atom. The van der Waals surface area contributed by atoms with E-state index in [1.54, 1.807) is 27.7 Å². The van der Waals surface area contributed by atoms with Crippen LogP contribution in [0.15, 0.2) is 0 Å². The summed E-state index contributed by atoms with van der Waals surface area (Å²) in [6.07, 6.45) is -0.360. The number of hydrogen-bond donors (Lipinski definition) is 0. The van der Waals surface area contributed by atoms with E-state index in [4.69, 9.17) is 32.7 Å². The molecular weight excluding hydrogens is 274 g/mol. The Hall–Kier alpha value is 0.240. The monoisotopic (exact) mass is 290 g/mol. The van der Waals surface area contributed by atoms with Gasteiger partial charge in [-0.3, -0.25) is 0 Å². The molecule has 0 aromatic rings. The van der Waals surface area contributed by atoms with Crippen LogP contribution < -0.4 is 0 Å². The number of halogens is 2. The molecule has 4 nitrogen and oxygen atoms in total. The minimum absolute atomic E-state index is 0.360. The molecule has 0 N–H and O–H groups in total. The molecule has 0 aromatic carbocycles. The zero-order chi connectivity index (χ0) is 12.9. The summed E-state index contributed by atoms with van der Waals surface area (Å²) in [5.41, 5.74) is 0. The average Bonchev–Trinajstić information content (AvgIpc) is 2.15. The lowest BCUT2D eigenvalue weighted by Crippen LogP contribution is -2.29. The number of esters is 1. The largest absolute Gasteiger partial charge is 0.460 e. The Bertz CT molecular complexity index is 268. The normalized spacial score (nSPS) is 15.9. The van der Waals surface area contributed by atoms with Crippen molar-refractivity contribution >= 4 is 37.0 Å². The Kier molecular flexibility index (Phi) is 6.95. The molecule has 16 heavy (non-hydrogen) atoms. The molecule has 0 aromatic heterocycles. The number of alkyl halides is 2. The van der Waals surface area contributed by atoms with Crippen LogP contribution in [-0.4, -0.2) is 28.6 Å². The number of hydrogen-bond acceptors (Lipinski definition) is 4. The van der Waals surface area contributed by atoms with Gasteiger partial charge >= 0.3 is 5.97 Å². The van der Waals surface area contributed by atoms with Crippen LogP contribution in [-0.2, 0) is 18.8 Å². The van der Waals surface area contributed by atoms with Gasteiger partial charge in [-0.1, -0.05) is 23.2 Å². The Labute approximate surface area is 106 Å². The third-order valence-electron chi connectivity index (χ3n) is 1.69. The van der Waals surface area contributed by atoms with E-state index in [9.17, 15) is 9.36 Å². The number of carbonyl (C=O) groups is 1. The van der Waals surface area contributed by atoms with E-state index in [0.717, 1.165) is 0 Å². The highest BCUT2D eigenvalue weighted by Gasteiger charge is 2.45. The van der Waals surface area contributed by atoms with Gasteiger partial charge in [0.15, 0.2) is 0 Å². The molecule has 7 heteroatoms. The van der Waals surface area contributed by atoms with E-state index in [1.807, 2.05) is 0 Å². The van der Waals surface area contributed by atoms with E-state index >= 15 is 0 Å². The fourth-order valence-electron chi connectivity index (χ4n) is 0.970. The number of ether oxygens (including phenoxy) is 2. The van der Waals surface area contributed by atoms with Gasteiger partial charge in [-0.15, -0.1) is 0 Å². The molecular formula is C9H17Cl2O4P. The SMILES string of the molecule is CCOC(C)[PH](=O)C(Cl)(Cl)C(=O)OC(C)C. The van der Waals surface area contributed by atoms with Gasteiger partial charge in [-0.05, 0) is 27.7 Å². The summed E-state index contributed by atoms with van der Waals surface area (Å²) in [4.78, 5) is 11.5. The standard InChI is InChI=1S/C9H17Cl2O4P/c1-5-14-7(4)16(13)9(10,11)8(12)15-6(2)3/h6-7,16H,5H2,1-4H3. The van der Waals surface area contributed by atoms with Crippen molar-refractivity contribution in [3.8, 4) is 0 Å². The summed E-state index contributed by atoms with van der Waals surface area (Å²) in [6.45, 7) is 7.01. The maximum atomic E-state index is 11.9. The van der Waals surface area contributed by atoms with Crippen LogP contribution in [0.2, 0.25) is 0 Å². The molecule has 0 spiro atoms.